The lowest BCUT2D eigenvalue weighted by molar-refractivity contribution is -0.315. The summed E-state index contributed by atoms with van der Waals surface area (Å²) in [6, 6.07) is -0.305. The Balaban J connectivity index is 1.55. The molecule has 14 heteroatoms. The van der Waals surface area contributed by atoms with Gasteiger partial charge in [-0.2, -0.15) is 0 Å². The van der Waals surface area contributed by atoms with Crippen molar-refractivity contribution in [2.24, 2.45) is 52.8 Å². The standard InChI is InChI=1S/C42H67NO13/c1-10-21(4)36(48)56-35-32(47)29-25(19-43-18-20(3)12-13-28(43)40(29,9)51)26-17-41(52)34(42(26,35)53)24(16-22(5)44)33(54-23(6)45)30-31(46)27(14-15-38(30,41)7)55-37(49)39(8,50)11-2/h20-21,24-35,46-47,50-53H,10-19H2,1-9H3/t20-,21+,24?,25-,26?,27-,28?,29?,30-,31-,32+,33?,34+,35?,38-,39?,40+,41?,42?/m0/s1. The number of carbonyl (C=O) groups excluding carboxylic acids is 4. The third-order valence-electron chi connectivity index (χ3n) is 16.1. The van der Waals surface area contributed by atoms with Crippen LogP contribution in [0.2, 0.25) is 0 Å². The number of Topliss-reactive ketones (excluding diaryl/α,β-unsaturated/α-hetero) is 1. The van der Waals surface area contributed by atoms with Crippen LogP contribution in [0.3, 0.4) is 0 Å². The molecular weight excluding hydrogens is 726 g/mol. The molecular formula is C42H67NO13. The van der Waals surface area contributed by atoms with E-state index in [-0.39, 0.29) is 43.9 Å². The molecule has 2 heterocycles. The Bertz CT molecular complexity index is 1550. The van der Waals surface area contributed by atoms with Gasteiger partial charge in [-0.1, -0.05) is 34.6 Å². The molecule has 0 aromatic rings. The minimum atomic E-state index is -2.19. The molecule has 0 spiro atoms. The molecule has 0 bridgehead atoms. The molecule has 0 aromatic carbocycles. The van der Waals surface area contributed by atoms with E-state index in [1.165, 1.54) is 20.8 Å². The van der Waals surface area contributed by atoms with Crippen LogP contribution in [0.4, 0.5) is 0 Å². The zero-order chi connectivity index (χ0) is 41.7. The number of esters is 3. The highest BCUT2D eigenvalue weighted by Crippen LogP contribution is 2.72. The van der Waals surface area contributed by atoms with Gasteiger partial charge >= 0.3 is 17.9 Å². The molecule has 56 heavy (non-hydrogen) atoms. The number of hydrogen-bond acceptors (Lipinski definition) is 14. The molecule has 0 radical (unpaired) electrons. The van der Waals surface area contributed by atoms with Crippen molar-refractivity contribution in [3.8, 4) is 0 Å². The summed E-state index contributed by atoms with van der Waals surface area (Å²) >= 11 is 0. The van der Waals surface area contributed by atoms with Gasteiger partial charge in [0.2, 0.25) is 0 Å². The maximum Gasteiger partial charge on any atom is 0.338 e. The molecule has 2 saturated heterocycles. The number of carbonyl (C=O) groups is 4. The number of fused-ring (bicyclic) bond motifs is 8. The van der Waals surface area contributed by atoms with E-state index in [0.29, 0.717) is 31.8 Å². The maximum absolute atomic E-state index is 13.8. The van der Waals surface area contributed by atoms with Gasteiger partial charge < -0.3 is 49.6 Å². The lowest BCUT2D eigenvalue weighted by Crippen LogP contribution is -2.78. The first-order chi connectivity index (χ1) is 25.9. The maximum atomic E-state index is 13.8. The summed E-state index contributed by atoms with van der Waals surface area (Å²) in [6.45, 7) is 15.6. The third kappa shape index (κ3) is 6.46. The number of aliphatic hydroxyl groups excluding tert-OH is 2. The normalized spacial score (nSPS) is 48.7. The van der Waals surface area contributed by atoms with Gasteiger partial charge in [-0.15, -0.1) is 0 Å². The van der Waals surface area contributed by atoms with E-state index in [4.69, 9.17) is 14.2 Å². The van der Waals surface area contributed by atoms with Gasteiger partial charge in [0.05, 0.1) is 29.3 Å². The van der Waals surface area contributed by atoms with Gasteiger partial charge in [0.1, 0.15) is 23.6 Å². The molecule has 6 fully saturated rings. The summed E-state index contributed by atoms with van der Waals surface area (Å²) in [5.41, 5.74) is -8.79. The van der Waals surface area contributed by atoms with Crippen LogP contribution in [-0.4, -0.2) is 131 Å². The predicted molar refractivity (Wildman–Crippen MR) is 200 cm³/mol. The Kier molecular flexibility index (Phi) is 11.5. The molecule has 14 nitrogen and oxygen atoms in total. The smallest absolute Gasteiger partial charge is 0.338 e. The summed E-state index contributed by atoms with van der Waals surface area (Å²) in [7, 11) is 0. The van der Waals surface area contributed by atoms with E-state index in [1.807, 2.05) is 6.92 Å². The Morgan fingerprint density at radius 3 is 2.18 bits per heavy atom. The largest absolute Gasteiger partial charge is 0.462 e. The molecule has 6 rings (SSSR count). The van der Waals surface area contributed by atoms with E-state index in [1.54, 1.807) is 27.7 Å². The average Bonchev–Trinajstić information content (AvgIpc) is 3.36. The van der Waals surface area contributed by atoms with E-state index in [0.717, 1.165) is 6.42 Å². The SMILES string of the molecule is CC[C@@H](C)C(=O)OC1[C@H](O)C2[C@@H](CN3C[C@@H](C)CCC3[C@@]2(C)O)C2CC3(O)[C@@H](C(CC(C)=O)C(OC(C)=O)[C@@H]4[C@@H](O)[C@@H](OC(=O)C(C)(O)CC)CC[C@@]43C)C12O. The van der Waals surface area contributed by atoms with E-state index < -0.39 is 118 Å². The van der Waals surface area contributed by atoms with Crippen LogP contribution in [0, 0.1) is 52.8 Å². The average molecular weight is 794 g/mol. The van der Waals surface area contributed by atoms with E-state index in [9.17, 15) is 49.8 Å². The van der Waals surface area contributed by atoms with Crippen LogP contribution in [0.25, 0.3) is 0 Å². The second-order valence-electron chi connectivity index (χ2n) is 19.5. The van der Waals surface area contributed by atoms with Crippen molar-refractivity contribution < 1.29 is 64.0 Å². The quantitative estimate of drug-likeness (QED) is 0.145. The van der Waals surface area contributed by atoms with Crippen molar-refractivity contribution in [1.29, 1.82) is 0 Å². The summed E-state index contributed by atoms with van der Waals surface area (Å²) in [4.78, 5) is 55.4. The number of piperidine rings is 2. The third-order valence-corrected chi connectivity index (χ3v) is 16.1. The van der Waals surface area contributed by atoms with Gasteiger partial charge in [-0.3, -0.25) is 14.5 Å². The zero-order valence-electron chi connectivity index (χ0n) is 34.6. The molecule has 6 N–H and O–H groups in total. The minimum Gasteiger partial charge on any atom is -0.462 e. The van der Waals surface area contributed by atoms with Crippen LogP contribution in [0.15, 0.2) is 0 Å². The first kappa shape index (κ1) is 43.4. The molecule has 4 saturated carbocycles. The number of rotatable bonds is 9. The van der Waals surface area contributed by atoms with Crippen molar-refractivity contribution in [2.75, 3.05) is 13.1 Å². The molecule has 0 amide bonds. The number of aliphatic hydroxyl groups is 6. The highest BCUT2D eigenvalue weighted by atomic mass is 16.6. The van der Waals surface area contributed by atoms with Crippen molar-refractivity contribution in [2.45, 2.75) is 173 Å². The summed E-state index contributed by atoms with van der Waals surface area (Å²) in [5.74, 6) is -8.94. The molecule has 9 unspecified atom stereocenters. The fraction of sp³-hybridized carbons (Fsp3) is 0.905. The van der Waals surface area contributed by atoms with Gasteiger partial charge in [0.25, 0.3) is 0 Å². The van der Waals surface area contributed by atoms with Crippen molar-refractivity contribution in [3.05, 3.63) is 0 Å². The minimum absolute atomic E-state index is 0.0468. The van der Waals surface area contributed by atoms with Gasteiger partial charge in [0.15, 0.2) is 11.7 Å². The second kappa shape index (κ2) is 14.8. The first-order valence-electron chi connectivity index (χ1n) is 21.0. The Labute approximate surface area is 330 Å². The van der Waals surface area contributed by atoms with Crippen molar-refractivity contribution in [1.82, 2.24) is 4.90 Å². The highest BCUT2D eigenvalue weighted by molar-refractivity contribution is 5.79. The summed E-state index contributed by atoms with van der Waals surface area (Å²) in [5, 5.41) is 75.5. The number of ketones is 1. The van der Waals surface area contributed by atoms with Crippen LogP contribution >= 0.6 is 0 Å². The predicted octanol–water partition coefficient (Wildman–Crippen LogP) is 1.91. The first-order valence-corrected chi connectivity index (χ1v) is 21.0. The van der Waals surface area contributed by atoms with Crippen molar-refractivity contribution in [3.63, 3.8) is 0 Å². The van der Waals surface area contributed by atoms with Crippen LogP contribution in [-0.2, 0) is 33.4 Å². The molecule has 6 aliphatic rings. The topological polar surface area (TPSA) is 221 Å². The Morgan fingerprint density at radius 1 is 0.929 bits per heavy atom. The molecule has 2 aliphatic heterocycles. The summed E-state index contributed by atoms with van der Waals surface area (Å²) < 4.78 is 18.0. The van der Waals surface area contributed by atoms with Crippen LogP contribution in [0.1, 0.15) is 114 Å². The highest BCUT2D eigenvalue weighted by Gasteiger charge is 2.82. The monoisotopic (exact) mass is 793 g/mol. The molecule has 318 valence electrons. The number of nitrogens with zero attached hydrogens (tertiary/aromatic N) is 1. The van der Waals surface area contributed by atoms with Crippen LogP contribution in [0.5, 0.6) is 0 Å². The molecule has 19 atom stereocenters. The van der Waals surface area contributed by atoms with Gasteiger partial charge in [-0.25, -0.2) is 4.79 Å². The zero-order valence-corrected chi connectivity index (χ0v) is 34.6. The van der Waals surface area contributed by atoms with Gasteiger partial charge in [-0.05, 0) is 83.5 Å². The molecule has 4 aliphatic carbocycles. The Morgan fingerprint density at radius 2 is 1.59 bits per heavy atom. The lowest BCUT2D eigenvalue weighted by atomic mass is 9.44. The fourth-order valence-electron chi connectivity index (χ4n) is 12.9. The van der Waals surface area contributed by atoms with E-state index >= 15 is 0 Å². The fourth-order valence-corrected chi connectivity index (χ4v) is 12.9. The Hall–Kier alpha value is -2.20. The number of hydrogen-bond donors (Lipinski definition) is 6. The van der Waals surface area contributed by atoms with Gasteiger partial charge in [0, 0.05) is 61.6 Å². The summed E-state index contributed by atoms with van der Waals surface area (Å²) in [6.07, 6.45) is -5.44. The van der Waals surface area contributed by atoms with Crippen molar-refractivity contribution >= 4 is 23.7 Å². The molecule has 0 aromatic heterocycles. The number of ether oxygens (including phenoxy) is 3. The second-order valence-corrected chi connectivity index (χ2v) is 19.5. The van der Waals surface area contributed by atoms with Crippen LogP contribution < -0.4 is 0 Å². The van der Waals surface area contributed by atoms with E-state index in [2.05, 4.69) is 11.8 Å². The lowest BCUT2D eigenvalue weighted by Gasteiger charge is -2.66.